The van der Waals surface area contributed by atoms with Gasteiger partial charge in [-0.3, -0.25) is 9.59 Å². The molecule has 1 fully saturated rings. The largest absolute Gasteiger partial charge is 0.337 e. The summed E-state index contributed by atoms with van der Waals surface area (Å²) < 4.78 is 15.9. The molecule has 2 heterocycles. The van der Waals surface area contributed by atoms with E-state index in [0.717, 1.165) is 5.69 Å². The fourth-order valence-corrected chi connectivity index (χ4v) is 3.59. The van der Waals surface area contributed by atoms with Crippen molar-refractivity contribution in [3.8, 4) is 5.69 Å². The molecular formula is C23H22FN3O2. The highest BCUT2D eigenvalue weighted by Gasteiger charge is 2.24. The number of rotatable bonds is 3. The second-order valence-corrected chi connectivity index (χ2v) is 7.05. The molecule has 1 saturated heterocycles. The van der Waals surface area contributed by atoms with Gasteiger partial charge in [0, 0.05) is 49.8 Å². The van der Waals surface area contributed by atoms with E-state index in [1.807, 2.05) is 53.4 Å². The van der Waals surface area contributed by atoms with Crippen LogP contribution < -0.4 is 0 Å². The lowest BCUT2D eigenvalue weighted by Gasteiger charge is -2.22. The summed E-state index contributed by atoms with van der Waals surface area (Å²) in [5.74, 6) is -0.893. The Hall–Kier alpha value is -3.41. The number of amides is 2. The van der Waals surface area contributed by atoms with E-state index < -0.39 is 5.82 Å². The molecular weight excluding hydrogens is 369 g/mol. The third kappa shape index (κ3) is 4.06. The fraction of sp³-hybridized carbons (Fsp3) is 0.217. The van der Waals surface area contributed by atoms with Gasteiger partial charge in [0.05, 0.1) is 5.56 Å². The van der Waals surface area contributed by atoms with Crippen molar-refractivity contribution in [1.82, 2.24) is 14.4 Å². The third-order valence-electron chi connectivity index (χ3n) is 5.19. The van der Waals surface area contributed by atoms with Crippen LogP contribution in [0.15, 0.2) is 73.1 Å². The van der Waals surface area contributed by atoms with Gasteiger partial charge in [-0.25, -0.2) is 4.39 Å². The Morgan fingerprint density at radius 3 is 2.00 bits per heavy atom. The number of hydrogen-bond acceptors (Lipinski definition) is 2. The van der Waals surface area contributed by atoms with Gasteiger partial charge in [-0.2, -0.15) is 0 Å². The second-order valence-electron chi connectivity index (χ2n) is 7.05. The highest BCUT2D eigenvalue weighted by molar-refractivity contribution is 5.95. The van der Waals surface area contributed by atoms with Crippen molar-refractivity contribution >= 4 is 11.8 Å². The van der Waals surface area contributed by atoms with Gasteiger partial charge in [0.15, 0.2) is 0 Å². The quantitative estimate of drug-likeness (QED) is 0.685. The molecule has 0 bridgehead atoms. The average molecular weight is 391 g/mol. The summed E-state index contributed by atoms with van der Waals surface area (Å²) in [6, 6.07) is 17.4. The third-order valence-corrected chi connectivity index (χ3v) is 5.19. The van der Waals surface area contributed by atoms with Crippen LogP contribution in [0.5, 0.6) is 0 Å². The molecule has 2 aromatic carbocycles. The maximum atomic E-state index is 13.9. The summed E-state index contributed by atoms with van der Waals surface area (Å²) in [5, 5.41) is 0. The Bertz CT molecular complexity index is 999. The van der Waals surface area contributed by atoms with Crippen LogP contribution >= 0.6 is 0 Å². The molecule has 0 spiro atoms. The van der Waals surface area contributed by atoms with E-state index in [-0.39, 0.29) is 17.4 Å². The molecule has 1 aliphatic rings. The predicted octanol–water partition coefficient (Wildman–Crippen LogP) is 3.60. The average Bonchev–Trinajstić information content (AvgIpc) is 3.18. The first-order valence-corrected chi connectivity index (χ1v) is 9.70. The van der Waals surface area contributed by atoms with Crippen molar-refractivity contribution in [1.29, 1.82) is 0 Å². The SMILES string of the molecule is O=C(c1ccc(-n2cccc2)cc1)N1CCCN(C(=O)c2ccccc2F)CC1. The van der Waals surface area contributed by atoms with Crippen LogP contribution in [0.2, 0.25) is 0 Å². The van der Waals surface area contributed by atoms with E-state index >= 15 is 0 Å². The zero-order valence-electron chi connectivity index (χ0n) is 16.0. The fourth-order valence-electron chi connectivity index (χ4n) is 3.59. The summed E-state index contributed by atoms with van der Waals surface area (Å²) in [6.45, 7) is 1.89. The number of benzene rings is 2. The zero-order chi connectivity index (χ0) is 20.2. The highest BCUT2D eigenvalue weighted by Crippen LogP contribution is 2.16. The van der Waals surface area contributed by atoms with Gasteiger partial charge in [0.1, 0.15) is 5.82 Å². The molecule has 0 saturated carbocycles. The van der Waals surface area contributed by atoms with Crippen LogP contribution in [-0.4, -0.2) is 52.4 Å². The molecule has 6 heteroatoms. The Labute approximate surface area is 169 Å². The van der Waals surface area contributed by atoms with Crippen LogP contribution in [0.1, 0.15) is 27.1 Å². The van der Waals surface area contributed by atoms with Gasteiger partial charge in [-0.1, -0.05) is 12.1 Å². The lowest BCUT2D eigenvalue weighted by atomic mass is 10.1. The molecule has 4 rings (SSSR count). The molecule has 1 aromatic heterocycles. The Kier molecular flexibility index (Phi) is 5.42. The smallest absolute Gasteiger partial charge is 0.256 e. The minimum absolute atomic E-state index is 0.0516. The Morgan fingerprint density at radius 2 is 1.34 bits per heavy atom. The van der Waals surface area contributed by atoms with E-state index in [1.54, 1.807) is 21.9 Å². The van der Waals surface area contributed by atoms with Crippen LogP contribution in [0.25, 0.3) is 5.69 Å². The first-order valence-electron chi connectivity index (χ1n) is 9.70. The normalized spacial score (nSPS) is 14.5. The summed E-state index contributed by atoms with van der Waals surface area (Å²) >= 11 is 0. The monoisotopic (exact) mass is 391 g/mol. The first-order chi connectivity index (χ1) is 14.1. The topological polar surface area (TPSA) is 45.6 Å². The summed E-state index contributed by atoms with van der Waals surface area (Å²) in [6.07, 6.45) is 4.56. The molecule has 0 unspecified atom stereocenters. The number of carbonyl (C=O) groups excluding carboxylic acids is 2. The van der Waals surface area contributed by atoms with Crippen molar-refractivity contribution in [3.05, 3.63) is 90.0 Å². The summed E-state index contributed by atoms with van der Waals surface area (Å²) in [7, 11) is 0. The van der Waals surface area contributed by atoms with Crippen LogP contribution in [0.3, 0.4) is 0 Å². The van der Waals surface area contributed by atoms with Crippen LogP contribution in [0, 0.1) is 5.82 Å². The van der Waals surface area contributed by atoms with E-state index in [0.29, 0.717) is 38.2 Å². The van der Waals surface area contributed by atoms with Gasteiger partial charge in [0.25, 0.3) is 11.8 Å². The Morgan fingerprint density at radius 1 is 0.724 bits per heavy atom. The standard InChI is InChI=1S/C23H22FN3O2/c24-21-7-2-1-6-20(21)23(29)27-15-5-14-26(16-17-27)22(28)18-8-10-19(11-9-18)25-12-3-4-13-25/h1-4,6-13H,5,14-17H2. The van der Waals surface area contributed by atoms with Crippen molar-refractivity contribution in [2.45, 2.75) is 6.42 Å². The van der Waals surface area contributed by atoms with Gasteiger partial charge in [0.2, 0.25) is 0 Å². The van der Waals surface area contributed by atoms with E-state index in [1.165, 1.54) is 12.1 Å². The van der Waals surface area contributed by atoms with Crippen LogP contribution in [-0.2, 0) is 0 Å². The maximum Gasteiger partial charge on any atom is 0.256 e. The van der Waals surface area contributed by atoms with Gasteiger partial charge >= 0.3 is 0 Å². The molecule has 3 aromatic rings. The molecule has 0 radical (unpaired) electrons. The number of carbonyl (C=O) groups is 2. The van der Waals surface area contributed by atoms with Crippen molar-refractivity contribution < 1.29 is 14.0 Å². The lowest BCUT2D eigenvalue weighted by molar-refractivity contribution is 0.0716. The number of halogens is 1. The number of hydrogen-bond donors (Lipinski definition) is 0. The van der Waals surface area contributed by atoms with E-state index in [4.69, 9.17) is 0 Å². The summed E-state index contributed by atoms with van der Waals surface area (Å²) in [5.41, 5.74) is 1.69. The van der Waals surface area contributed by atoms with Crippen LogP contribution in [0.4, 0.5) is 4.39 Å². The van der Waals surface area contributed by atoms with Crippen molar-refractivity contribution in [3.63, 3.8) is 0 Å². The molecule has 0 N–H and O–H groups in total. The lowest BCUT2D eigenvalue weighted by Crippen LogP contribution is -2.37. The van der Waals surface area contributed by atoms with E-state index in [9.17, 15) is 14.0 Å². The molecule has 0 aliphatic carbocycles. The molecule has 148 valence electrons. The zero-order valence-corrected chi connectivity index (χ0v) is 16.0. The number of aromatic nitrogens is 1. The Balaban J connectivity index is 1.42. The van der Waals surface area contributed by atoms with Gasteiger partial charge < -0.3 is 14.4 Å². The van der Waals surface area contributed by atoms with E-state index in [2.05, 4.69) is 0 Å². The summed E-state index contributed by atoms with van der Waals surface area (Å²) in [4.78, 5) is 28.9. The van der Waals surface area contributed by atoms with Gasteiger partial charge in [-0.05, 0) is 55.0 Å². The molecule has 5 nitrogen and oxygen atoms in total. The maximum absolute atomic E-state index is 13.9. The van der Waals surface area contributed by atoms with Crippen molar-refractivity contribution in [2.24, 2.45) is 0 Å². The minimum Gasteiger partial charge on any atom is -0.337 e. The minimum atomic E-state index is -0.516. The molecule has 2 amide bonds. The number of nitrogens with zero attached hydrogens (tertiary/aromatic N) is 3. The molecule has 29 heavy (non-hydrogen) atoms. The van der Waals surface area contributed by atoms with Crippen molar-refractivity contribution in [2.75, 3.05) is 26.2 Å². The first kappa shape index (κ1) is 18.9. The second kappa shape index (κ2) is 8.31. The van der Waals surface area contributed by atoms with Gasteiger partial charge in [-0.15, -0.1) is 0 Å². The molecule has 0 atom stereocenters. The molecule has 1 aliphatic heterocycles. The highest BCUT2D eigenvalue weighted by atomic mass is 19.1. The predicted molar refractivity (Wildman–Crippen MR) is 109 cm³/mol.